The number of benzene rings is 3. The van der Waals surface area contributed by atoms with Gasteiger partial charge in [-0.15, -0.1) is 0 Å². The van der Waals surface area contributed by atoms with Crippen molar-refractivity contribution in [3.05, 3.63) is 83.4 Å². The summed E-state index contributed by atoms with van der Waals surface area (Å²) in [5.74, 6) is 2.26. The zero-order chi connectivity index (χ0) is 23.8. The van der Waals surface area contributed by atoms with Gasteiger partial charge < -0.3 is 24.0 Å². The molecule has 2 heterocycles. The van der Waals surface area contributed by atoms with Gasteiger partial charge in [0.1, 0.15) is 17.2 Å². The Kier molecular flexibility index (Phi) is 5.82. The van der Waals surface area contributed by atoms with Gasteiger partial charge in [-0.25, -0.2) is 0 Å². The summed E-state index contributed by atoms with van der Waals surface area (Å²) in [6, 6.07) is 22.4. The molecule has 2 aliphatic rings. The van der Waals surface area contributed by atoms with Gasteiger partial charge in [-0.2, -0.15) is 0 Å². The Balaban J connectivity index is 1.52. The number of methoxy groups -OCH3 is 3. The molecule has 0 aromatic heterocycles. The van der Waals surface area contributed by atoms with Crippen LogP contribution in [0.4, 0.5) is 5.69 Å². The van der Waals surface area contributed by atoms with Gasteiger partial charge in [-0.05, 0) is 41.5 Å². The van der Waals surface area contributed by atoms with Crippen molar-refractivity contribution in [1.82, 2.24) is 4.90 Å². The zero-order valence-electron chi connectivity index (χ0n) is 20.0. The predicted molar refractivity (Wildman–Crippen MR) is 132 cm³/mol. The van der Waals surface area contributed by atoms with Crippen LogP contribution in [0, 0.1) is 5.92 Å². The van der Waals surface area contributed by atoms with Crippen molar-refractivity contribution in [2.75, 3.05) is 39.8 Å². The summed E-state index contributed by atoms with van der Waals surface area (Å²) in [5.41, 5.74) is 4.47. The lowest BCUT2D eigenvalue weighted by Gasteiger charge is -2.41. The number of likely N-dealkylation sites (tertiary alicyclic amines) is 1. The second-order valence-corrected chi connectivity index (χ2v) is 8.91. The first kappa shape index (κ1) is 22.1. The smallest absolute Gasteiger partial charge is 0.229 e. The van der Waals surface area contributed by atoms with Crippen molar-refractivity contribution in [3.8, 4) is 17.2 Å². The number of carbonyl (C=O) groups excluding carboxylic acids is 1. The van der Waals surface area contributed by atoms with Crippen LogP contribution in [-0.2, 0) is 11.3 Å². The minimum absolute atomic E-state index is 0.0152. The average Bonchev–Trinajstić information content (AvgIpc) is 3.20. The molecule has 1 fully saturated rings. The Hall–Kier alpha value is -3.67. The number of anilines is 1. The maximum atomic E-state index is 13.9. The quantitative estimate of drug-likeness (QED) is 0.551. The minimum atomic E-state index is -0.169. The third-order valence-corrected chi connectivity index (χ3v) is 7.26. The van der Waals surface area contributed by atoms with E-state index in [0.717, 1.165) is 28.4 Å². The van der Waals surface area contributed by atoms with Crippen molar-refractivity contribution in [1.29, 1.82) is 0 Å². The van der Waals surface area contributed by atoms with E-state index in [2.05, 4.69) is 48.3 Å². The number of amides is 1. The van der Waals surface area contributed by atoms with Gasteiger partial charge in [0.2, 0.25) is 5.91 Å². The third kappa shape index (κ3) is 3.63. The Labute approximate surface area is 200 Å². The van der Waals surface area contributed by atoms with Crippen LogP contribution in [0.2, 0.25) is 0 Å². The molecule has 0 bridgehead atoms. The van der Waals surface area contributed by atoms with Gasteiger partial charge in [0.25, 0.3) is 0 Å². The fourth-order valence-electron chi connectivity index (χ4n) is 5.51. The summed E-state index contributed by atoms with van der Waals surface area (Å²) in [6.07, 6.45) is 0. The lowest BCUT2D eigenvalue weighted by molar-refractivity contribution is -0.131. The van der Waals surface area contributed by atoms with E-state index >= 15 is 0 Å². The Morgan fingerprint density at radius 1 is 0.882 bits per heavy atom. The molecule has 3 aromatic carbocycles. The molecule has 0 saturated carbocycles. The molecule has 0 aliphatic carbocycles. The number of hydrogen-bond donors (Lipinski definition) is 0. The first-order valence-corrected chi connectivity index (χ1v) is 11.5. The average molecular weight is 459 g/mol. The molecule has 0 N–H and O–H groups in total. The third-order valence-electron chi connectivity index (χ3n) is 7.26. The van der Waals surface area contributed by atoms with Gasteiger partial charge in [0, 0.05) is 43.4 Å². The molecular weight excluding hydrogens is 428 g/mol. The number of nitrogens with zero attached hydrogens (tertiary/aromatic N) is 2. The topological polar surface area (TPSA) is 51.2 Å². The highest BCUT2D eigenvalue weighted by Crippen LogP contribution is 2.48. The van der Waals surface area contributed by atoms with Crippen LogP contribution in [0.15, 0.2) is 66.7 Å². The van der Waals surface area contributed by atoms with E-state index in [1.807, 2.05) is 35.2 Å². The SMILES string of the molecule is COc1ccc([C@@H]2c3ccccc3N(C)[C@@H]3CN(Cc4ccc(OC)cc4OC)C(=O)[C@H]23)cc1. The summed E-state index contributed by atoms with van der Waals surface area (Å²) < 4.78 is 16.3. The van der Waals surface area contributed by atoms with Crippen molar-refractivity contribution in [2.45, 2.75) is 18.5 Å². The second kappa shape index (κ2) is 8.93. The van der Waals surface area contributed by atoms with E-state index in [9.17, 15) is 4.79 Å². The van der Waals surface area contributed by atoms with E-state index in [1.54, 1.807) is 21.3 Å². The molecule has 3 atom stereocenters. The number of likely N-dealkylation sites (N-methyl/N-ethyl adjacent to an activating group) is 1. The molecule has 34 heavy (non-hydrogen) atoms. The highest BCUT2D eigenvalue weighted by atomic mass is 16.5. The Morgan fingerprint density at radius 2 is 1.59 bits per heavy atom. The summed E-state index contributed by atoms with van der Waals surface area (Å²) in [7, 11) is 7.05. The van der Waals surface area contributed by atoms with Crippen LogP contribution in [-0.4, -0.2) is 51.8 Å². The number of para-hydroxylation sites is 1. The highest BCUT2D eigenvalue weighted by Gasteiger charge is 2.51. The zero-order valence-corrected chi connectivity index (χ0v) is 20.0. The molecule has 2 aliphatic heterocycles. The van der Waals surface area contributed by atoms with E-state index in [4.69, 9.17) is 14.2 Å². The summed E-state index contributed by atoms with van der Waals surface area (Å²) in [5, 5.41) is 0. The molecule has 0 radical (unpaired) electrons. The summed E-state index contributed by atoms with van der Waals surface area (Å²) in [6.45, 7) is 1.16. The van der Waals surface area contributed by atoms with Crippen molar-refractivity contribution >= 4 is 11.6 Å². The van der Waals surface area contributed by atoms with Gasteiger partial charge in [0.15, 0.2) is 0 Å². The van der Waals surface area contributed by atoms with Crippen molar-refractivity contribution in [3.63, 3.8) is 0 Å². The van der Waals surface area contributed by atoms with Crippen LogP contribution in [0.25, 0.3) is 0 Å². The lowest BCUT2D eigenvalue weighted by Crippen LogP contribution is -2.45. The van der Waals surface area contributed by atoms with Crippen LogP contribution in [0.3, 0.4) is 0 Å². The molecule has 1 amide bonds. The largest absolute Gasteiger partial charge is 0.497 e. The predicted octanol–water partition coefficient (Wildman–Crippen LogP) is 4.32. The van der Waals surface area contributed by atoms with Gasteiger partial charge in [-0.3, -0.25) is 4.79 Å². The lowest BCUT2D eigenvalue weighted by atomic mass is 9.74. The van der Waals surface area contributed by atoms with Crippen molar-refractivity contribution < 1.29 is 19.0 Å². The molecule has 5 rings (SSSR count). The molecule has 0 unspecified atom stereocenters. The maximum absolute atomic E-state index is 13.9. The number of fused-ring (bicyclic) bond motifs is 2. The summed E-state index contributed by atoms with van der Waals surface area (Å²) >= 11 is 0. The molecule has 176 valence electrons. The monoisotopic (exact) mass is 458 g/mol. The highest BCUT2D eigenvalue weighted by molar-refractivity contribution is 5.87. The van der Waals surface area contributed by atoms with E-state index in [-0.39, 0.29) is 23.8 Å². The minimum Gasteiger partial charge on any atom is -0.497 e. The molecule has 6 nitrogen and oxygen atoms in total. The molecule has 6 heteroatoms. The van der Waals surface area contributed by atoms with Crippen LogP contribution < -0.4 is 19.1 Å². The molecular formula is C28H30N2O4. The first-order valence-electron chi connectivity index (χ1n) is 11.5. The molecule has 0 spiro atoms. The van der Waals surface area contributed by atoms with Crippen molar-refractivity contribution in [2.24, 2.45) is 5.92 Å². The van der Waals surface area contributed by atoms with Crippen LogP contribution in [0.5, 0.6) is 17.2 Å². The normalized spacial score (nSPS) is 21.2. The standard InChI is InChI=1S/C28H30N2O4/c1-29-23-8-6-5-7-22(23)26(18-9-12-20(32-2)13-10-18)27-24(29)17-30(28(27)31)16-19-11-14-21(33-3)15-25(19)34-4/h5-15,24,26-27H,16-17H2,1-4H3/t24-,26-,27+/m1/s1. The summed E-state index contributed by atoms with van der Waals surface area (Å²) in [4.78, 5) is 18.2. The maximum Gasteiger partial charge on any atom is 0.229 e. The second-order valence-electron chi connectivity index (χ2n) is 8.91. The number of ether oxygens (including phenoxy) is 3. The first-order chi connectivity index (χ1) is 16.5. The molecule has 1 saturated heterocycles. The van der Waals surface area contributed by atoms with E-state index in [1.165, 1.54) is 11.3 Å². The van der Waals surface area contributed by atoms with Gasteiger partial charge >= 0.3 is 0 Å². The van der Waals surface area contributed by atoms with Gasteiger partial charge in [0.05, 0.1) is 33.3 Å². The number of rotatable bonds is 6. The fraction of sp³-hybridized carbons (Fsp3) is 0.321. The number of carbonyl (C=O) groups is 1. The fourth-order valence-corrected chi connectivity index (χ4v) is 5.51. The Bertz CT molecular complexity index is 1190. The van der Waals surface area contributed by atoms with Crippen LogP contribution >= 0.6 is 0 Å². The van der Waals surface area contributed by atoms with E-state index in [0.29, 0.717) is 13.1 Å². The van der Waals surface area contributed by atoms with E-state index < -0.39 is 0 Å². The van der Waals surface area contributed by atoms with Crippen LogP contribution in [0.1, 0.15) is 22.6 Å². The molecule has 3 aromatic rings. The number of hydrogen-bond acceptors (Lipinski definition) is 5. The Morgan fingerprint density at radius 3 is 2.29 bits per heavy atom. The van der Waals surface area contributed by atoms with Gasteiger partial charge in [-0.1, -0.05) is 30.3 Å².